The Labute approximate surface area is 166 Å². The van der Waals surface area contributed by atoms with Crippen LogP contribution in [0.3, 0.4) is 0 Å². The molecule has 0 radical (unpaired) electrons. The molecule has 0 atom stereocenters. The fourth-order valence-corrected chi connectivity index (χ4v) is 2.71. The Kier molecular flexibility index (Phi) is 9.56. The van der Waals surface area contributed by atoms with E-state index in [9.17, 15) is 4.79 Å². The minimum atomic E-state index is -0.222. The summed E-state index contributed by atoms with van der Waals surface area (Å²) in [6, 6.07) is 14.3. The number of amides is 1. The molecule has 146 valence electrons. The Hall–Kier alpha value is -2.20. The predicted molar refractivity (Wildman–Crippen MR) is 111 cm³/mol. The van der Waals surface area contributed by atoms with Gasteiger partial charge in [-0.3, -0.25) is 4.79 Å². The van der Waals surface area contributed by atoms with Gasteiger partial charge in [0.05, 0.1) is 6.61 Å². The maximum absolute atomic E-state index is 11.9. The van der Waals surface area contributed by atoms with Gasteiger partial charge in [-0.1, -0.05) is 50.6 Å². The van der Waals surface area contributed by atoms with Crippen LogP contribution in [0.4, 0.5) is 5.69 Å². The molecule has 0 unspecified atom stereocenters. The van der Waals surface area contributed by atoms with E-state index in [1.165, 1.54) is 32.1 Å². The molecule has 0 fully saturated rings. The van der Waals surface area contributed by atoms with Gasteiger partial charge in [0.1, 0.15) is 11.5 Å². The molecule has 0 aromatic heterocycles. The molecule has 0 spiro atoms. The zero-order valence-corrected chi connectivity index (χ0v) is 16.6. The lowest BCUT2D eigenvalue weighted by Crippen LogP contribution is -2.20. The molecule has 1 N–H and O–H groups in total. The average Bonchev–Trinajstić information content (AvgIpc) is 2.68. The summed E-state index contributed by atoms with van der Waals surface area (Å²) in [5.41, 5.74) is 0.687. The third-order valence-electron chi connectivity index (χ3n) is 4.09. The van der Waals surface area contributed by atoms with Crippen molar-refractivity contribution < 1.29 is 14.3 Å². The van der Waals surface area contributed by atoms with Crippen molar-refractivity contribution in [2.24, 2.45) is 0 Å². The van der Waals surface area contributed by atoms with Gasteiger partial charge >= 0.3 is 0 Å². The molecule has 0 saturated carbocycles. The molecule has 2 rings (SSSR count). The summed E-state index contributed by atoms with van der Waals surface area (Å²) in [5.74, 6) is 1.23. The van der Waals surface area contributed by atoms with Crippen molar-refractivity contribution in [2.45, 2.75) is 45.4 Å². The Balaban J connectivity index is 1.63. The van der Waals surface area contributed by atoms with E-state index in [2.05, 4.69) is 12.2 Å². The molecular formula is C22H28ClNO3. The molecule has 0 heterocycles. The quantitative estimate of drug-likeness (QED) is 0.446. The van der Waals surface area contributed by atoms with Crippen LogP contribution < -0.4 is 14.8 Å². The number of ether oxygens (including phenoxy) is 2. The third-order valence-corrected chi connectivity index (χ3v) is 4.34. The summed E-state index contributed by atoms with van der Waals surface area (Å²) < 4.78 is 11.2. The Morgan fingerprint density at radius 2 is 1.44 bits per heavy atom. The van der Waals surface area contributed by atoms with Gasteiger partial charge in [0.15, 0.2) is 6.61 Å². The number of nitrogens with one attached hydrogen (secondary N) is 1. The van der Waals surface area contributed by atoms with Gasteiger partial charge in [-0.25, -0.2) is 0 Å². The van der Waals surface area contributed by atoms with Crippen molar-refractivity contribution >= 4 is 23.2 Å². The highest BCUT2D eigenvalue weighted by molar-refractivity contribution is 6.30. The van der Waals surface area contributed by atoms with E-state index in [-0.39, 0.29) is 12.5 Å². The summed E-state index contributed by atoms with van der Waals surface area (Å²) in [6.07, 6.45) is 7.47. The minimum Gasteiger partial charge on any atom is -0.494 e. The number of carbonyl (C=O) groups is 1. The molecule has 5 heteroatoms. The van der Waals surface area contributed by atoms with Crippen LogP contribution in [-0.2, 0) is 4.79 Å². The van der Waals surface area contributed by atoms with Crippen LogP contribution in [0.15, 0.2) is 48.5 Å². The summed E-state index contributed by atoms with van der Waals surface area (Å²) in [5, 5.41) is 3.38. The highest BCUT2D eigenvalue weighted by atomic mass is 35.5. The van der Waals surface area contributed by atoms with Gasteiger partial charge in [-0.2, -0.15) is 0 Å². The standard InChI is InChI=1S/C22H28ClNO3/c1-2-3-4-5-6-7-16-26-20-12-14-21(15-13-20)27-17-22(25)24-19-10-8-18(23)9-11-19/h8-15H,2-7,16-17H2,1H3,(H,24,25). The topological polar surface area (TPSA) is 47.6 Å². The molecule has 0 aliphatic carbocycles. The van der Waals surface area contributed by atoms with Crippen molar-refractivity contribution in [2.75, 3.05) is 18.5 Å². The predicted octanol–water partition coefficient (Wildman–Crippen LogP) is 6.10. The van der Waals surface area contributed by atoms with E-state index < -0.39 is 0 Å². The monoisotopic (exact) mass is 389 g/mol. The third kappa shape index (κ3) is 8.83. The molecule has 0 saturated heterocycles. The zero-order valence-electron chi connectivity index (χ0n) is 15.9. The molecule has 1 amide bonds. The first-order valence-corrected chi connectivity index (χ1v) is 9.96. The number of hydrogen-bond acceptors (Lipinski definition) is 3. The lowest BCUT2D eigenvalue weighted by molar-refractivity contribution is -0.118. The number of halogens is 1. The number of benzene rings is 2. The van der Waals surface area contributed by atoms with Crippen molar-refractivity contribution in [1.82, 2.24) is 0 Å². The molecule has 0 bridgehead atoms. The maximum Gasteiger partial charge on any atom is 0.262 e. The molecule has 27 heavy (non-hydrogen) atoms. The number of unbranched alkanes of at least 4 members (excludes halogenated alkanes) is 5. The van der Waals surface area contributed by atoms with Crippen molar-refractivity contribution in [1.29, 1.82) is 0 Å². The van der Waals surface area contributed by atoms with Crippen LogP contribution in [-0.4, -0.2) is 19.1 Å². The molecule has 4 nitrogen and oxygen atoms in total. The number of anilines is 1. The summed E-state index contributed by atoms with van der Waals surface area (Å²) >= 11 is 5.82. The first kappa shape index (κ1) is 21.1. The first-order chi connectivity index (χ1) is 13.2. The van der Waals surface area contributed by atoms with Gasteiger partial charge in [0.25, 0.3) is 5.91 Å². The van der Waals surface area contributed by atoms with Crippen molar-refractivity contribution in [3.63, 3.8) is 0 Å². The normalized spacial score (nSPS) is 10.4. The van der Waals surface area contributed by atoms with Crippen LogP contribution >= 0.6 is 11.6 Å². The van der Waals surface area contributed by atoms with E-state index in [1.54, 1.807) is 24.3 Å². The summed E-state index contributed by atoms with van der Waals surface area (Å²) in [6.45, 7) is 2.90. The van der Waals surface area contributed by atoms with Crippen LogP contribution in [0.1, 0.15) is 45.4 Å². The number of hydrogen-bond donors (Lipinski definition) is 1. The van der Waals surface area contributed by atoms with Gasteiger partial charge in [0.2, 0.25) is 0 Å². The summed E-state index contributed by atoms with van der Waals surface area (Å²) in [4.78, 5) is 11.9. The number of carbonyl (C=O) groups excluding carboxylic acids is 1. The molecular weight excluding hydrogens is 362 g/mol. The van der Waals surface area contributed by atoms with E-state index in [4.69, 9.17) is 21.1 Å². The largest absolute Gasteiger partial charge is 0.494 e. The van der Waals surface area contributed by atoms with Gasteiger partial charge in [-0.15, -0.1) is 0 Å². The highest BCUT2D eigenvalue weighted by Gasteiger charge is 2.04. The molecule has 2 aromatic rings. The smallest absolute Gasteiger partial charge is 0.262 e. The zero-order chi connectivity index (χ0) is 19.3. The fourth-order valence-electron chi connectivity index (χ4n) is 2.58. The Bertz CT molecular complexity index is 671. The van der Waals surface area contributed by atoms with E-state index >= 15 is 0 Å². The van der Waals surface area contributed by atoms with E-state index in [0.717, 1.165) is 18.8 Å². The van der Waals surface area contributed by atoms with Gasteiger partial charge < -0.3 is 14.8 Å². The van der Waals surface area contributed by atoms with Crippen LogP contribution in [0, 0.1) is 0 Å². The Morgan fingerprint density at radius 1 is 0.852 bits per heavy atom. The lowest BCUT2D eigenvalue weighted by atomic mass is 10.1. The lowest BCUT2D eigenvalue weighted by Gasteiger charge is -2.09. The van der Waals surface area contributed by atoms with Crippen LogP contribution in [0.2, 0.25) is 5.02 Å². The average molecular weight is 390 g/mol. The first-order valence-electron chi connectivity index (χ1n) is 9.58. The fraction of sp³-hybridized carbons (Fsp3) is 0.409. The van der Waals surface area contributed by atoms with E-state index in [0.29, 0.717) is 16.5 Å². The highest BCUT2D eigenvalue weighted by Crippen LogP contribution is 2.18. The van der Waals surface area contributed by atoms with Crippen LogP contribution in [0.5, 0.6) is 11.5 Å². The second-order valence-corrected chi connectivity index (χ2v) is 6.87. The molecule has 0 aliphatic heterocycles. The minimum absolute atomic E-state index is 0.0550. The number of rotatable bonds is 12. The SMILES string of the molecule is CCCCCCCCOc1ccc(OCC(=O)Nc2ccc(Cl)cc2)cc1. The van der Waals surface area contributed by atoms with Gasteiger partial charge in [0, 0.05) is 10.7 Å². The molecule has 2 aromatic carbocycles. The van der Waals surface area contributed by atoms with Crippen molar-refractivity contribution in [3.05, 3.63) is 53.6 Å². The second-order valence-electron chi connectivity index (χ2n) is 6.43. The van der Waals surface area contributed by atoms with E-state index in [1.807, 2.05) is 24.3 Å². The summed E-state index contributed by atoms with van der Waals surface area (Å²) in [7, 11) is 0. The Morgan fingerprint density at radius 3 is 2.11 bits per heavy atom. The maximum atomic E-state index is 11.9. The van der Waals surface area contributed by atoms with Crippen molar-refractivity contribution in [3.8, 4) is 11.5 Å². The molecule has 0 aliphatic rings. The van der Waals surface area contributed by atoms with Gasteiger partial charge in [-0.05, 0) is 55.0 Å². The van der Waals surface area contributed by atoms with Crippen LogP contribution in [0.25, 0.3) is 0 Å². The second kappa shape index (κ2) is 12.2.